The minimum atomic E-state index is -0.259. The molecule has 0 unspecified atom stereocenters. The molecule has 0 aromatic heterocycles. The Morgan fingerprint density at radius 3 is 2.71 bits per heavy atom. The first-order valence-corrected chi connectivity index (χ1v) is 4.70. The Labute approximate surface area is 83.2 Å². The van der Waals surface area contributed by atoms with Crippen LogP contribution < -0.4 is 0 Å². The maximum Gasteiger partial charge on any atom is 0.334 e. The molecule has 0 saturated carbocycles. The molecule has 2 nitrogen and oxygen atoms in total. The van der Waals surface area contributed by atoms with Crippen LogP contribution in [0.2, 0.25) is 0 Å². The minimum Gasteiger partial charge on any atom is -0.462 e. The molecule has 1 aromatic rings. The third-order valence-corrected chi connectivity index (χ3v) is 2.52. The van der Waals surface area contributed by atoms with Crippen molar-refractivity contribution in [2.45, 2.75) is 12.3 Å². The molecule has 0 aliphatic carbocycles. The lowest BCUT2D eigenvalue weighted by molar-refractivity contribution is -0.141. The van der Waals surface area contributed by atoms with Gasteiger partial charge in [-0.15, -0.1) is 0 Å². The molecule has 1 heterocycles. The van der Waals surface area contributed by atoms with Crippen molar-refractivity contribution < 1.29 is 9.53 Å². The highest BCUT2D eigenvalue weighted by Crippen LogP contribution is 2.30. The summed E-state index contributed by atoms with van der Waals surface area (Å²) in [6, 6.07) is 9.96. The Hall–Kier alpha value is -1.57. The first kappa shape index (κ1) is 9.00. The van der Waals surface area contributed by atoms with Crippen molar-refractivity contribution in [2.24, 2.45) is 0 Å². The fraction of sp³-hybridized carbons (Fsp3) is 0.250. The maximum atomic E-state index is 11.3. The first-order valence-electron chi connectivity index (χ1n) is 4.70. The SMILES string of the molecule is C=C1C(=O)OCC[C@H]1c1ccccc1. The number of hydrogen-bond donors (Lipinski definition) is 0. The summed E-state index contributed by atoms with van der Waals surface area (Å²) in [5.74, 6) is -0.123. The average molecular weight is 188 g/mol. The third kappa shape index (κ3) is 1.55. The fourth-order valence-corrected chi connectivity index (χ4v) is 1.73. The molecule has 0 bridgehead atoms. The summed E-state index contributed by atoms with van der Waals surface area (Å²) in [5, 5.41) is 0. The molecule has 72 valence electrons. The highest BCUT2D eigenvalue weighted by molar-refractivity contribution is 5.90. The number of rotatable bonds is 1. The second-order valence-electron chi connectivity index (χ2n) is 3.41. The Kier molecular flexibility index (Phi) is 2.35. The Morgan fingerprint density at radius 1 is 1.29 bits per heavy atom. The van der Waals surface area contributed by atoms with E-state index in [1.54, 1.807) is 0 Å². The van der Waals surface area contributed by atoms with E-state index in [0.29, 0.717) is 12.2 Å². The molecule has 2 heteroatoms. The largest absolute Gasteiger partial charge is 0.462 e. The van der Waals surface area contributed by atoms with Gasteiger partial charge in [0.2, 0.25) is 0 Å². The molecule has 2 rings (SSSR count). The van der Waals surface area contributed by atoms with Crippen LogP contribution in [0.1, 0.15) is 17.9 Å². The van der Waals surface area contributed by atoms with Gasteiger partial charge >= 0.3 is 5.97 Å². The van der Waals surface area contributed by atoms with E-state index in [4.69, 9.17) is 4.74 Å². The molecule has 14 heavy (non-hydrogen) atoms. The summed E-state index contributed by atoms with van der Waals surface area (Å²) in [7, 11) is 0. The number of benzene rings is 1. The molecule has 0 N–H and O–H groups in total. The fourth-order valence-electron chi connectivity index (χ4n) is 1.73. The van der Waals surface area contributed by atoms with Crippen molar-refractivity contribution in [3.05, 3.63) is 48.0 Å². The molecule has 1 atom stereocenters. The number of carbonyl (C=O) groups is 1. The molecule has 0 radical (unpaired) electrons. The van der Waals surface area contributed by atoms with E-state index in [1.165, 1.54) is 0 Å². The van der Waals surface area contributed by atoms with E-state index in [1.807, 2.05) is 30.3 Å². The zero-order chi connectivity index (χ0) is 9.97. The lowest BCUT2D eigenvalue weighted by atomic mass is 9.88. The summed E-state index contributed by atoms with van der Waals surface area (Å²) in [4.78, 5) is 11.3. The van der Waals surface area contributed by atoms with E-state index >= 15 is 0 Å². The number of cyclic esters (lactones) is 1. The highest BCUT2D eigenvalue weighted by Gasteiger charge is 2.26. The molecular formula is C12H12O2. The summed E-state index contributed by atoms with van der Waals surface area (Å²) in [5.41, 5.74) is 1.72. The first-order chi connectivity index (χ1) is 6.79. The highest BCUT2D eigenvalue weighted by atomic mass is 16.5. The zero-order valence-electron chi connectivity index (χ0n) is 7.90. The second-order valence-corrected chi connectivity index (χ2v) is 3.41. The summed E-state index contributed by atoms with van der Waals surface area (Å²) in [6.07, 6.45) is 0.842. The monoisotopic (exact) mass is 188 g/mol. The number of esters is 1. The van der Waals surface area contributed by atoms with Gasteiger partial charge in [-0.2, -0.15) is 0 Å². The van der Waals surface area contributed by atoms with Crippen LogP contribution in [0, 0.1) is 0 Å². The third-order valence-electron chi connectivity index (χ3n) is 2.52. The summed E-state index contributed by atoms with van der Waals surface area (Å²) in [6.45, 7) is 4.28. The van der Waals surface area contributed by atoms with E-state index < -0.39 is 0 Å². The molecule has 0 spiro atoms. The normalized spacial score (nSPS) is 21.9. The van der Waals surface area contributed by atoms with Crippen LogP contribution >= 0.6 is 0 Å². The predicted molar refractivity (Wildman–Crippen MR) is 53.9 cm³/mol. The molecule has 1 aromatic carbocycles. The van der Waals surface area contributed by atoms with Crippen molar-refractivity contribution >= 4 is 5.97 Å². The van der Waals surface area contributed by atoms with Crippen LogP contribution in [0.4, 0.5) is 0 Å². The lowest BCUT2D eigenvalue weighted by Gasteiger charge is -2.23. The van der Waals surface area contributed by atoms with Gasteiger partial charge in [0.25, 0.3) is 0 Å². The molecule has 1 aliphatic rings. The van der Waals surface area contributed by atoms with Gasteiger partial charge in [0, 0.05) is 11.5 Å². The minimum absolute atomic E-state index is 0.137. The van der Waals surface area contributed by atoms with Crippen LogP contribution in [0.5, 0.6) is 0 Å². The number of ether oxygens (including phenoxy) is 1. The van der Waals surface area contributed by atoms with Crippen LogP contribution in [0.15, 0.2) is 42.5 Å². The molecule has 1 fully saturated rings. The van der Waals surface area contributed by atoms with Gasteiger partial charge < -0.3 is 4.74 Å². The van der Waals surface area contributed by atoms with Gasteiger partial charge in [-0.25, -0.2) is 4.79 Å². The van der Waals surface area contributed by atoms with Crippen molar-refractivity contribution in [1.82, 2.24) is 0 Å². The maximum absolute atomic E-state index is 11.3. The van der Waals surface area contributed by atoms with Gasteiger partial charge in [-0.05, 0) is 12.0 Å². The van der Waals surface area contributed by atoms with Crippen molar-refractivity contribution in [1.29, 1.82) is 0 Å². The van der Waals surface area contributed by atoms with Gasteiger partial charge in [-0.1, -0.05) is 36.9 Å². The standard InChI is InChI=1S/C12H12O2/c1-9-11(7-8-14-12(9)13)10-5-3-2-4-6-10/h2-6,11H,1,7-8H2/t11-/m1/s1. The Balaban J connectivity index is 2.26. The van der Waals surface area contributed by atoms with E-state index in [0.717, 1.165) is 12.0 Å². The second kappa shape index (κ2) is 3.66. The Morgan fingerprint density at radius 2 is 2.00 bits per heavy atom. The summed E-state index contributed by atoms with van der Waals surface area (Å²) < 4.78 is 4.90. The van der Waals surface area contributed by atoms with Crippen molar-refractivity contribution in [2.75, 3.05) is 6.61 Å². The van der Waals surface area contributed by atoms with E-state index in [2.05, 4.69) is 6.58 Å². The predicted octanol–water partition coefficient (Wildman–Crippen LogP) is 2.27. The molecular weight excluding hydrogens is 176 g/mol. The molecule has 1 saturated heterocycles. The van der Waals surface area contributed by atoms with Crippen molar-refractivity contribution in [3.63, 3.8) is 0 Å². The number of hydrogen-bond acceptors (Lipinski definition) is 2. The van der Waals surface area contributed by atoms with E-state index in [-0.39, 0.29) is 11.9 Å². The van der Waals surface area contributed by atoms with Gasteiger partial charge in [-0.3, -0.25) is 0 Å². The summed E-state index contributed by atoms with van der Waals surface area (Å²) >= 11 is 0. The van der Waals surface area contributed by atoms with Crippen LogP contribution in [0.25, 0.3) is 0 Å². The van der Waals surface area contributed by atoms with Crippen molar-refractivity contribution in [3.8, 4) is 0 Å². The van der Waals surface area contributed by atoms with Crippen LogP contribution in [-0.4, -0.2) is 12.6 Å². The smallest absolute Gasteiger partial charge is 0.334 e. The molecule has 1 aliphatic heterocycles. The Bertz CT molecular complexity index is 354. The lowest BCUT2D eigenvalue weighted by Crippen LogP contribution is -2.22. The van der Waals surface area contributed by atoms with Crippen LogP contribution in [-0.2, 0) is 9.53 Å². The topological polar surface area (TPSA) is 26.3 Å². The van der Waals surface area contributed by atoms with Gasteiger partial charge in [0.1, 0.15) is 0 Å². The van der Waals surface area contributed by atoms with Gasteiger partial charge in [0.05, 0.1) is 6.61 Å². The van der Waals surface area contributed by atoms with Gasteiger partial charge in [0.15, 0.2) is 0 Å². The van der Waals surface area contributed by atoms with E-state index in [9.17, 15) is 4.79 Å². The average Bonchev–Trinajstić information content (AvgIpc) is 2.23. The van der Waals surface area contributed by atoms with Crippen LogP contribution in [0.3, 0.4) is 0 Å². The zero-order valence-corrected chi connectivity index (χ0v) is 7.90. The molecule has 0 amide bonds. The quantitative estimate of drug-likeness (QED) is 0.499. The number of carbonyl (C=O) groups excluding carboxylic acids is 1.